The molecule has 0 atom stereocenters. The number of carboxylic acids is 5. The Bertz CT molecular complexity index is 1830. The molecule has 0 amide bonds. The smallest absolute Gasteiger partial charge is 0.548 e. The number of nitrogens with one attached hydrogen (secondary N) is 1. The number of aromatic nitrogens is 1. The number of nitrogens with zero attached hydrogens (tertiary/aromatic N) is 2. The van der Waals surface area contributed by atoms with Crippen LogP contribution < -0.4 is 281 Å². The molecule has 0 bridgehead atoms. The van der Waals surface area contributed by atoms with Crippen LogP contribution in [0.2, 0.25) is 0 Å². The second kappa shape index (κ2) is 27.6. The minimum Gasteiger partial charge on any atom is -0.548 e. The van der Waals surface area contributed by atoms with E-state index in [1.165, 1.54) is 24.3 Å². The van der Waals surface area contributed by atoms with E-state index >= 15 is 0 Å². The summed E-state index contributed by atoms with van der Waals surface area (Å²) in [6, 6.07) is 15.9. The molecule has 0 saturated heterocycles. The van der Waals surface area contributed by atoms with Crippen molar-refractivity contribution >= 4 is 52.1 Å². The predicted octanol–water partition coefficient (Wildman–Crippen LogP) is -13.1. The van der Waals surface area contributed by atoms with Crippen LogP contribution in [0.1, 0.15) is 15.9 Å². The average molecular weight is 844 g/mol. The van der Waals surface area contributed by atoms with Gasteiger partial charge in [0, 0.05) is 22.2 Å². The van der Waals surface area contributed by atoms with E-state index in [1.54, 1.807) is 43.3 Å². The first-order chi connectivity index (χ1) is 22.3. The number of carboxylic acid groups (broad SMARTS) is 5. The van der Waals surface area contributed by atoms with E-state index in [4.69, 9.17) is 9.47 Å². The van der Waals surface area contributed by atoms with E-state index in [9.17, 15) is 49.5 Å². The molecule has 0 aliphatic rings. The van der Waals surface area contributed by atoms with Gasteiger partial charge in [-0.1, -0.05) is 18.2 Å². The molecule has 0 unspecified atom stereocenters. The van der Waals surface area contributed by atoms with Crippen molar-refractivity contribution in [3.05, 3.63) is 71.8 Å². The second-order valence-electron chi connectivity index (χ2n) is 10.4. The summed E-state index contributed by atoms with van der Waals surface area (Å²) in [7, 11) is 0. The normalized spacial score (nSPS) is 9.71. The second-order valence-corrected chi connectivity index (χ2v) is 10.4. The van der Waals surface area contributed by atoms with Crippen molar-refractivity contribution in [2.45, 2.75) is 6.92 Å². The molecule has 0 saturated carbocycles. The molecule has 52 heavy (non-hydrogen) atoms. The number of carbonyl (C=O) groups is 5. The Morgan fingerprint density at radius 1 is 0.654 bits per heavy atom. The van der Waals surface area contributed by atoms with Gasteiger partial charge in [0.15, 0.2) is 0 Å². The van der Waals surface area contributed by atoms with Crippen molar-refractivity contribution in [3.8, 4) is 22.8 Å². The van der Waals surface area contributed by atoms with E-state index < -0.39 is 56.0 Å². The van der Waals surface area contributed by atoms with Crippen molar-refractivity contribution < 1.29 is 316 Å². The third kappa shape index (κ3) is 17.4. The topological polar surface area (TPSA) is 230 Å². The fourth-order valence-corrected chi connectivity index (χ4v) is 4.87. The Kier molecular flexibility index (Phi) is 29.7. The Balaban J connectivity index is 0. The van der Waals surface area contributed by atoms with E-state index in [-0.39, 0.29) is 299 Å². The zero-order chi connectivity index (χ0) is 34.2. The van der Waals surface area contributed by atoms with Crippen LogP contribution in [0.25, 0.3) is 22.2 Å². The minimum atomic E-state index is -1.49. The molecule has 0 radical (unpaired) electrons. The van der Waals surface area contributed by atoms with Crippen LogP contribution in [0.4, 0.5) is 11.4 Å². The molecule has 0 fully saturated rings. The maximum Gasteiger partial charge on any atom is 1.00 e. The van der Waals surface area contributed by atoms with Gasteiger partial charge < -0.3 is 54.6 Å². The Morgan fingerprint density at radius 3 is 1.65 bits per heavy atom. The quantitative estimate of drug-likeness (QED) is 0.0492. The summed E-state index contributed by atoms with van der Waals surface area (Å²) >= 11 is 0. The van der Waals surface area contributed by atoms with Crippen LogP contribution in [0, 0.1) is 6.92 Å². The van der Waals surface area contributed by atoms with Gasteiger partial charge in [0.05, 0.1) is 29.5 Å². The number of ether oxygens (including phenoxy) is 2. The maximum atomic E-state index is 11.6. The Labute approximate surface area is 511 Å². The molecule has 1 heterocycles. The number of rotatable bonds is 17. The van der Waals surface area contributed by atoms with Crippen LogP contribution in [-0.4, -0.2) is 94.6 Å². The van der Waals surface area contributed by atoms with Crippen LogP contribution in [0.5, 0.6) is 11.5 Å². The van der Waals surface area contributed by atoms with Crippen molar-refractivity contribution in [2.75, 3.05) is 49.2 Å². The van der Waals surface area contributed by atoms with Gasteiger partial charge in [-0.3, -0.25) is 14.4 Å². The number of H-pyrrole nitrogens is 1. The number of aryl methyl sites for hydroxylation is 1. The Hall–Kier alpha value is 1.93. The fraction of sp³-hybridized carbons (Fsp3) is 0.219. The van der Waals surface area contributed by atoms with Gasteiger partial charge in [-0.25, -0.2) is 4.79 Å². The fourth-order valence-electron chi connectivity index (χ4n) is 4.87. The van der Waals surface area contributed by atoms with Gasteiger partial charge in [0.1, 0.15) is 44.3 Å². The summed E-state index contributed by atoms with van der Waals surface area (Å²) in [6.45, 7) is -1.14. The molecule has 246 valence electrons. The number of anilines is 2. The number of hydrogen-bond donors (Lipinski definition) is 5. The summed E-state index contributed by atoms with van der Waals surface area (Å²) in [5.74, 6) is -6.09. The first-order valence-electron chi connectivity index (χ1n) is 14.0. The summed E-state index contributed by atoms with van der Waals surface area (Å²) in [4.78, 5) is 62.6. The molecule has 3 aromatic carbocycles. The van der Waals surface area contributed by atoms with Crippen LogP contribution in [0.15, 0.2) is 60.7 Å². The largest absolute Gasteiger partial charge is 1.00 e. The van der Waals surface area contributed by atoms with Gasteiger partial charge in [0.25, 0.3) is 0 Å². The third-order valence-corrected chi connectivity index (χ3v) is 6.83. The number of benzene rings is 3. The number of carbonyl (C=O) groups excluding carboxylic acids is 1. The maximum absolute atomic E-state index is 11.6. The summed E-state index contributed by atoms with van der Waals surface area (Å²) in [5.41, 5.74) is 2.90. The molecule has 0 spiro atoms. The average Bonchev–Trinajstić information content (AvgIpc) is 3.41. The van der Waals surface area contributed by atoms with Crippen molar-refractivity contribution in [1.82, 2.24) is 4.98 Å². The minimum absolute atomic E-state index is 0. The van der Waals surface area contributed by atoms with Crippen molar-refractivity contribution in [2.24, 2.45) is 0 Å². The van der Waals surface area contributed by atoms with Crippen molar-refractivity contribution in [1.29, 1.82) is 0 Å². The molecule has 5 N–H and O–H groups in total. The first-order valence-corrected chi connectivity index (χ1v) is 14.0. The Morgan fingerprint density at radius 2 is 1.15 bits per heavy atom. The summed E-state index contributed by atoms with van der Waals surface area (Å²) < 4.78 is 11.9. The molecule has 0 aliphatic carbocycles. The number of aromatic amines is 1. The molecular formula is C32H30K5N3O12+4. The summed E-state index contributed by atoms with van der Waals surface area (Å²) in [5, 5.41) is 49.5. The van der Waals surface area contributed by atoms with Crippen LogP contribution >= 0.6 is 0 Å². The van der Waals surface area contributed by atoms with E-state index in [1.807, 2.05) is 0 Å². The molecule has 0 aliphatic heterocycles. The third-order valence-electron chi connectivity index (χ3n) is 6.83. The number of aliphatic carboxylic acids is 4. The van der Waals surface area contributed by atoms with Gasteiger partial charge in [0.2, 0.25) is 0 Å². The number of aromatic carboxylic acids is 1. The molecule has 4 aromatic rings. The molecule has 4 rings (SSSR count). The van der Waals surface area contributed by atoms with Gasteiger partial charge in [-0.15, -0.1) is 0 Å². The standard InChI is InChI=1S/C32H31N3O12.5K/c1-18-2-6-24(34(14-28(36)37)15-29(38)39)26(10-18)46-8-9-47-27-13-20(5-7-25(27)35(16-30(40)41)17-31(42)43)22-11-19-3-4-21(32(44)45)12-23(19)33-22;;;;;/h2-7,10-13,33H,8-9,14-17H2,1H3,(H,36,37)(H,38,39)(H,40,41)(H,42,43)(H,44,45);;;;;/q;5*+1/p-1. The van der Waals surface area contributed by atoms with E-state index in [0.717, 1.165) is 20.7 Å². The number of fused-ring (bicyclic) bond motifs is 1. The van der Waals surface area contributed by atoms with E-state index in [0.29, 0.717) is 16.8 Å². The SMILES string of the molecule is Cc1ccc(N(CC(=O)[O-])CC(=O)O)c(OCCOc2cc(-c3cc4ccc(C(=O)O)cc4[nH]3)ccc2N(CC(=O)O)CC(=O)O)c1.[K+].[K+].[K+].[K+].[K+]. The van der Waals surface area contributed by atoms with Gasteiger partial charge in [-0.05, 0) is 55.0 Å². The molecule has 20 heteroatoms. The molecule has 1 aromatic heterocycles. The van der Waals surface area contributed by atoms with Crippen molar-refractivity contribution in [3.63, 3.8) is 0 Å². The van der Waals surface area contributed by atoms with Crippen LogP contribution in [-0.2, 0) is 19.2 Å². The van der Waals surface area contributed by atoms with E-state index in [2.05, 4.69) is 4.98 Å². The summed E-state index contributed by atoms with van der Waals surface area (Å²) in [6.07, 6.45) is 0. The molecule has 15 nitrogen and oxygen atoms in total. The predicted molar refractivity (Wildman–Crippen MR) is 165 cm³/mol. The van der Waals surface area contributed by atoms with Crippen LogP contribution in [0.3, 0.4) is 0 Å². The zero-order valence-corrected chi connectivity index (χ0v) is 45.6. The zero-order valence-electron chi connectivity index (χ0n) is 30.0. The monoisotopic (exact) mass is 843 g/mol. The van der Waals surface area contributed by atoms with Gasteiger partial charge in [-0.2, -0.15) is 0 Å². The first kappa shape index (κ1) is 56.0. The van der Waals surface area contributed by atoms with Gasteiger partial charge >= 0.3 is 281 Å². The number of hydrogen-bond acceptors (Lipinski definition) is 10. The molecular weight excluding hydrogens is 814 g/mol.